The number of rotatable bonds is 4. The lowest BCUT2D eigenvalue weighted by Gasteiger charge is -2.14. The predicted octanol–water partition coefficient (Wildman–Crippen LogP) is 6.86. The maximum absolute atomic E-state index is 10.5. The average molecular weight is 474 g/mol. The Balaban J connectivity index is 1.68. The van der Waals surface area contributed by atoms with Gasteiger partial charge in [-0.25, -0.2) is 4.98 Å². The van der Waals surface area contributed by atoms with Crippen molar-refractivity contribution in [2.45, 2.75) is 20.0 Å². The summed E-state index contributed by atoms with van der Waals surface area (Å²) < 4.78 is 5.88. The van der Waals surface area contributed by atoms with Crippen LogP contribution in [0, 0.1) is 0 Å². The third-order valence-electron chi connectivity index (χ3n) is 6.19. The summed E-state index contributed by atoms with van der Waals surface area (Å²) in [5, 5.41) is 26.9. The molecular formula is C30H23N3O3. The van der Waals surface area contributed by atoms with Gasteiger partial charge in [-0.1, -0.05) is 60.7 Å². The van der Waals surface area contributed by atoms with E-state index >= 15 is 0 Å². The van der Waals surface area contributed by atoms with E-state index in [0.29, 0.717) is 11.4 Å². The van der Waals surface area contributed by atoms with Gasteiger partial charge in [0.2, 0.25) is 0 Å². The summed E-state index contributed by atoms with van der Waals surface area (Å²) in [5.74, 6) is 0.526. The van der Waals surface area contributed by atoms with E-state index in [9.17, 15) is 10.2 Å². The Hall–Kier alpha value is -4.71. The Morgan fingerprint density at radius 2 is 1.28 bits per heavy atom. The first-order valence-electron chi connectivity index (χ1n) is 11.8. The van der Waals surface area contributed by atoms with Crippen molar-refractivity contribution in [3.8, 4) is 40.3 Å². The Morgan fingerprint density at radius 3 is 2.03 bits per heavy atom. The molecule has 5 aromatic carbocycles. The second-order valence-electron chi connectivity index (χ2n) is 8.98. The fourth-order valence-corrected chi connectivity index (χ4v) is 4.62. The van der Waals surface area contributed by atoms with Crippen LogP contribution in [0.1, 0.15) is 13.8 Å². The fourth-order valence-electron chi connectivity index (χ4n) is 4.62. The van der Waals surface area contributed by atoms with Crippen LogP contribution < -0.4 is 4.74 Å². The molecule has 176 valence electrons. The average Bonchev–Trinajstić information content (AvgIpc) is 2.87. The Labute approximate surface area is 207 Å². The number of nitrogens with zero attached hydrogens (tertiary/aromatic N) is 3. The molecule has 6 nitrogen and oxygen atoms in total. The lowest BCUT2D eigenvalue weighted by Crippen LogP contribution is -2.10. The Bertz CT molecular complexity index is 1780. The molecule has 1 aromatic heterocycles. The second kappa shape index (κ2) is 8.50. The number of benzene rings is 5. The highest BCUT2D eigenvalue weighted by atomic mass is 16.5. The van der Waals surface area contributed by atoms with Crippen LogP contribution in [-0.4, -0.2) is 31.3 Å². The first kappa shape index (κ1) is 21.8. The third-order valence-corrected chi connectivity index (χ3v) is 6.19. The largest absolute Gasteiger partial charge is 0.508 e. The van der Waals surface area contributed by atoms with Gasteiger partial charge in [0, 0.05) is 11.6 Å². The van der Waals surface area contributed by atoms with Gasteiger partial charge in [0.05, 0.1) is 11.7 Å². The van der Waals surface area contributed by atoms with Gasteiger partial charge in [-0.05, 0) is 64.4 Å². The predicted molar refractivity (Wildman–Crippen MR) is 142 cm³/mol. The molecule has 0 bridgehead atoms. The van der Waals surface area contributed by atoms with Gasteiger partial charge in [0.15, 0.2) is 11.6 Å². The number of aromatic hydroxyl groups is 2. The van der Waals surface area contributed by atoms with Crippen molar-refractivity contribution in [3.05, 3.63) is 84.9 Å². The minimum absolute atomic E-state index is 0.0448. The van der Waals surface area contributed by atoms with Crippen molar-refractivity contribution in [1.82, 2.24) is 15.0 Å². The van der Waals surface area contributed by atoms with E-state index in [2.05, 4.69) is 52.4 Å². The summed E-state index contributed by atoms with van der Waals surface area (Å²) in [6.45, 7) is 3.80. The van der Waals surface area contributed by atoms with Crippen LogP contribution in [0.5, 0.6) is 17.5 Å². The zero-order valence-electron chi connectivity index (χ0n) is 19.8. The van der Waals surface area contributed by atoms with Gasteiger partial charge in [0.25, 0.3) is 0 Å². The van der Waals surface area contributed by atoms with Crippen LogP contribution in [-0.2, 0) is 0 Å². The summed E-state index contributed by atoms with van der Waals surface area (Å²) in [7, 11) is 0. The third kappa shape index (κ3) is 3.73. The highest BCUT2D eigenvalue weighted by molar-refractivity contribution is 6.20. The van der Waals surface area contributed by atoms with Crippen LogP contribution in [0.15, 0.2) is 84.9 Å². The van der Waals surface area contributed by atoms with Crippen molar-refractivity contribution < 1.29 is 14.9 Å². The minimum Gasteiger partial charge on any atom is -0.508 e. The van der Waals surface area contributed by atoms with Gasteiger partial charge < -0.3 is 14.9 Å². The molecular weight excluding hydrogens is 450 g/mol. The lowest BCUT2D eigenvalue weighted by molar-refractivity contribution is 0.222. The molecule has 0 atom stereocenters. The highest BCUT2D eigenvalue weighted by Crippen LogP contribution is 2.38. The standard InChI is InChI=1S/C30H23N3O3/c1-17(2)36-30-32-28(24-14-12-19(34)15-27(24)35)31-29(33-30)26-16-25-20-8-4-3-7-18(20)11-13-23(25)21-9-5-6-10-22(21)26/h3-17,34-35H,1-2H3. The molecule has 0 amide bonds. The van der Waals surface area contributed by atoms with E-state index in [4.69, 9.17) is 9.72 Å². The summed E-state index contributed by atoms with van der Waals surface area (Å²) >= 11 is 0. The van der Waals surface area contributed by atoms with Crippen LogP contribution in [0.3, 0.4) is 0 Å². The number of hydrogen-bond acceptors (Lipinski definition) is 6. The van der Waals surface area contributed by atoms with E-state index in [0.717, 1.165) is 37.9 Å². The van der Waals surface area contributed by atoms with Crippen LogP contribution in [0.2, 0.25) is 0 Å². The van der Waals surface area contributed by atoms with Gasteiger partial charge in [-0.2, -0.15) is 9.97 Å². The van der Waals surface area contributed by atoms with Crippen molar-refractivity contribution in [3.63, 3.8) is 0 Å². The molecule has 0 aliphatic heterocycles. The first-order chi connectivity index (χ1) is 17.5. The number of hydrogen-bond donors (Lipinski definition) is 2. The molecule has 0 unspecified atom stereocenters. The molecule has 0 saturated heterocycles. The maximum Gasteiger partial charge on any atom is 0.320 e. The van der Waals surface area contributed by atoms with E-state index in [-0.39, 0.29) is 29.4 Å². The van der Waals surface area contributed by atoms with Crippen LogP contribution in [0.25, 0.3) is 55.1 Å². The maximum atomic E-state index is 10.5. The van der Waals surface area contributed by atoms with Crippen molar-refractivity contribution in [1.29, 1.82) is 0 Å². The molecule has 6 rings (SSSR count). The van der Waals surface area contributed by atoms with E-state index in [1.54, 1.807) is 6.07 Å². The van der Waals surface area contributed by atoms with Gasteiger partial charge >= 0.3 is 6.01 Å². The van der Waals surface area contributed by atoms with Crippen molar-refractivity contribution in [2.75, 3.05) is 0 Å². The summed E-state index contributed by atoms with van der Waals surface area (Å²) in [6, 6.07) is 27.4. The Morgan fingerprint density at radius 1 is 0.611 bits per heavy atom. The van der Waals surface area contributed by atoms with Crippen LogP contribution in [0.4, 0.5) is 0 Å². The molecule has 6 aromatic rings. The van der Waals surface area contributed by atoms with Gasteiger partial charge in [-0.15, -0.1) is 0 Å². The fraction of sp³-hybridized carbons (Fsp3) is 0.100. The molecule has 0 radical (unpaired) electrons. The normalized spacial score (nSPS) is 11.5. The molecule has 6 heteroatoms. The number of aromatic nitrogens is 3. The number of phenolic OH excluding ortho intramolecular Hbond substituents is 2. The molecule has 1 heterocycles. The number of ether oxygens (including phenoxy) is 1. The lowest BCUT2D eigenvalue weighted by atomic mass is 9.93. The van der Waals surface area contributed by atoms with Crippen molar-refractivity contribution >= 4 is 32.3 Å². The minimum atomic E-state index is -0.154. The first-order valence-corrected chi connectivity index (χ1v) is 11.8. The Kier molecular flexibility index (Phi) is 5.15. The van der Waals surface area contributed by atoms with Gasteiger partial charge in [0.1, 0.15) is 11.5 Å². The van der Waals surface area contributed by atoms with E-state index in [1.165, 1.54) is 12.1 Å². The molecule has 36 heavy (non-hydrogen) atoms. The summed E-state index contributed by atoms with van der Waals surface area (Å²) in [6.07, 6.45) is -0.154. The zero-order valence-corrected chi connectivity index (χ0v) is 19.8. The second-order valence-corrected chi connectivity index (χ2v) is 8.98. The molecule has 2 N–H and O–H groups in total. The SMILES string of the molecule is CC(C)Oc1nc(-c2ccc(O)cc2O)nc(-c2cc3c4ccccc4ccc3c3ccccc23)n1. The van der Waals surface area contributed by atoms with Crippen molar-refractivity contribution in [2.24, 2.45) is 0 Å². The zero-order chi connectivity index (χ0) is 24.8. The molecule has 0 aliphatic rings. The molecule has 0 aliphatic carbocycles. The number of phenols is 2. The summed E-state index contributed by atoms with van der Waals surface area (Å²) in [5.41, 5.74) is 1.21. The number of fused-ring (bicyclic) bond motifs is 5. The molecule has 0 spiro atoms. The quantitative estimate of drug-likeness (QED) is 0.272. The summed E-state index contributed by atoms with van der Waals surface area (Å²) in [4.78, 5) is 13.9. The van der Waals surface area contributed by atoms with Gasteiger partial charge in [-0.3, -0.25) is 0 Å². The monoisotopic (exact) mass is 473 g/mol. The van der Waals surface area contributed by atoms with E-state index in [1.807, 2.05) is 38.1 Å². The van der Waals surface area contributed by atoms with E-state index < -0.39 is 0 Å². The smallest absolute Gasteiger partial charge is 0.320 e. The molecule has 0 fully saturated rings. The topological polar surface area (TPSA) is 88.4 Å². The highest BCUT2D eigenvalue weighted by Gasteiger charge is 2.18. The van der Waals surface area contributed by atoms with Crippen LogP contribution >= 0.6 is 0 Å². The molecule has 0 saturated carbocycles.